The van der Waals surface area contributed by atoms with Crippen molar-refractivity contribution in [3.63, 3.8) is 0 Å². The van der Waals surface area contributed by atoms with E-state index in [4.69, 9.17) is 4.74 Å². The van der Waals surface area contributed by atoms with Crippen LogP contribution in [0.25, 0.3) is 5.69 Å². The summed E-state index contributed by atoms with van der Waals surface area (Å²) in [4.78, 5) is 27.5. The monoisotopic (exact) mass is 342 g/mol. The molecule has 0 saturated carbocycles. The van der Waals surface area contributed by atoms with E-state index < -0.39 is 6.09 Å². The lowest BCUT2D eigenvalue weighted by molar-refractivity contribution is -0.131. The number of aromatic nitrogens is 2. The zero-order chi connectivity index (χ0) is 18.0. The predicted molar refractivity (Wildman–Crippen MR) is 92.7 cm³/mol. The van der Waals surface area contributed by atoms with E-state index in [1.807, 2.05) is 44.2 Å². The molecule has 1 aromatic carbocycles. The van der Waals surface area contributed by atoms with Crippen LogP contribution in [-0.2, 0) is 4.79 Å². The van der Waals surface area contributed by atoms with Gasteiger partial charge in [0, 0.05) is 38.7 Å². The normalized spacial score (nSPS) is 17.5. The molecule has 2 heterocycles. The first-order valence-electron chi connectivity index (χ1n) is 8.32. The molecule has 0 aliphatic carbocycles. The number of hydrogen-bond acceptors (Lipinski definition) is 4. The van der Waals surface area contributed by atoms with Gasteiger partial charge in [0.1, 0.15) is 0 Å². The highest BCUT2D eigenvalue weighted by molar-refractivity contribution is 5.75. The maximum atomic E-state index is 12.6. The van der Waals surface area contributed by atoms with E-state index in [1.54, 1.807) is 27.5 Å². The number of benzene rings is 1. The Morgan fingerprint density at radius 3 is 2.56 bits per heavy atom. The van der Waals surface area contributed by atoms with Gasteiger partial charge in [-0.05, 0) is 26.0 Å². The molecule has 0 spiro atoms. The lowest BCUT2D eigenvalue weighted by atomic mass is 10.2. The van der Waals surface area contributed by atoms with Crippen molar-refractivity contribution in [3.05, 3.63) is 42.1 Å². The lowest BCUT2D eigenvalue weighted by Gasteiger charge is -2.38. The smallest absolute Gasteiger partial charge is 0.391 e. The molecule has 0 radical (unpaired) electrons. The summed E-state index contributed by atoms with van der Waals surface area (Å²) in [6.45, 7) is 6.80. The summed E-state index contributed by atoms with van der Waals surface area (Å²) in [6.07, 6.45) is -0.423. The molecule has 2 aromatic rings. The molecule has 0 bridgehead atoms. The maximum Gasteiger partial charge on any atom is 0.416 e. The topological polar surface area (TPSA) is 67.7 Å². The van der Waals surface area contributed by atoms with Gasteiger partial charge in [-0.15, -0.1) is 0 Å². The van der Waals surface area contributed by atoms with E-state index in [9.17, 15) is 9.59 Å². The molecule has 7 heteroatoms. The van der Waals surface area contributed by atoms with Crippen LogP contribution >= 0.6 is 0 Å². The van der Waals surface area contributed by atoms with Crippen LogP contribution in [0.5, 0.6) is 5.88 Å². The maximum absolute atomic E-state index is 12.6. The molecule has 2 amide bonds. The van der Waals surface area contributed by atoms with Crippen LogP contribution in [0.3, 0.4) is 0 Å². The molecule has 7 nitrogen and oxygen atoms in total. The van der Waals surface area contributed by atoms with Crippen LogP contribution in [0, 0.1) is 6.92 Å². The van der Waals surface area contributed by atoms with Gasteiger partial charge in [0.2, 0.25) is 11.8 Å². The second-order valence-corrected chi connectivity index (χ2v) is 6.25. The minimum Gasteiger partial charge on any atom is -0.391 e. The van der Waals surface area contributed by atoms with Crippen molar-refractivity contribution in [2.24, 2.45) is 0 Å². The number of rotatable bonds is 2. The average molecular weight is 342 g/mol. The van der Waals surface area contributed by atoms with E-state index in [-0.39, 0.29) is 11.9 Å². The number of para-hydroxylation sites is 1. The van der Waals surface area contributed by atoms with Crippen molar-refractivity contribution in [1.82, 2.24) is 19.6 Å². The van der Waals surface area contributed by atoms with Gasteiger partial charge < -0.3 is 14.5 Å². The summed E-state index contributed by atoms with van der Waals surface area (Å²) < 4.78 is 7.23. The Hall–Kier alpha value is -2.83. The largest absolute Gasteiger partial charge is 0.416 e. The molecule has 0 unspecified atom stereocenters. The van der Waals surface area contributed by atoms with Crippen LogP contribution in [-0.4, -0.2) is 57.3 Å². The Labute approximate surface area is 146 Å². The molecule has 1 aliphatic heterocycles. The van der Waals surface area contributed by atoms with Gasteiger partial charge in [0.25, 0.3) is 0 Å². The number of amides is 2. The molecule has 1 saturated heterocycles. The molecule has 25 heavy (non-hydrogen) atoms. The highest BCUT2D eigenvalue weighted by atomic mass is 16.6. The Morgan fingerprint density at radius 2 is 1.92 bits per heavy atom. The number of ether oxygens (including phenoxy) is 1. The highest BCUT2D eigenvalue weighted by Gasteiger charge is 2.30. The predicted octanol–water partition coefficient (Wildman–Crippen LogP) is 2.23. The number of carbonyl (C=O) groups excluding carboxylic acids is 2. The third-order valence-electron chi connectivity index (χ3n) is 4.30. The Kier molecular flexibility index (Phi) is 4.74. The number of piperazine rings is 1. The minimum absolute atomic E-state index is 0.0256. The first kappa shape index (κ1) is 17.0. The molecular formula is C18H22N4O3. The fourth-order valence-electron chi connectivity index (χ4n) is 2.97. The molecular weight excluding hydrogens is 320 g/mol. The quantitative estimate of drug-likeness (QED) is 0.839. The van der Waals surface area contributed by atoms with Crippen LogP contribution in [0.1, 0.15) is 19.5 Å². The lowest BCUT2D eigenvalue weighted by Crippen LogP contribution is -2.55. The Balaban J connectivity index is 1.75. The third-order valence-corrected chi connectivity index (χ3v) is 4.30. The molecule has 0 N–H and O–H groups in total. The summed E-state index contributed by atoms with van der Waals surface area (Å²) in [5.74, 6) is 0.410. The first-order chi connectivity index (χ1) is 12.0. The average Bonchev–Trinajstić information content (AvgIpc) is 2.95. The van der Waals surface area contributed by atoms with Crippen LogP contribution in [0.4, 0.5) is 4.79 Å². The van der Waals surface area contributed by atoms with Crippen molar-refractivity contribution >= 4 is 12.0 Å². The number of nitrogens with zero attached hydrogens (tertiary/aromatic N) is 4. The zero-order valence-corrected chi connectivity index (χ0v) is 14.7. The van der Waals surface area contributed by atoms with E-state index in [2.05, 4.69) is 5.10 Å². The van der Waals surface area contributed by atoms with E-state index in [0.29, 0.717) is 25.5 Å². The van der Waals surface area contributed by atoms with Gasteiger partial charge >= 0.3 is 6.09 Å². The molecule has 1 atom stereocenters. The van der Waals surface area contributed by atoms with Crippen LogP contribution < -0.4 is 4.74 Å². The van der Waals surface area contributed by atoms with Gasteiger partial charge in [0.05, 0.1) is 11.4 Å². The summed E-state index contributed by atoms with van der Waals surface area (Å²) >= 11 is 0. The van der Waals surface area contributed by atoms with Gasteiger partial charge in [-0.25, -0.2) is 9.48 Å². The highest BCUT2D eigenvalue weighted by Crippen LogP contribution is 2.21. The molecule has 1 aliphatic rings. The van der Waals surface area contributed by atoms with E-state index >= 15 is 0 Å². The number of hydrogen-bond donors (Lipinski definition) is 0. The number of carbonyl (C=O) groups is 2. The SMILES string of the molecule is CC(=O)N1CCN(C(=O)Oc2cc(C)nn2-c2ccccc2)[C@@H](C)C1. The number of aryl methyl sites for hydroxylation is 1. The Morgan fingerprint density at radius 1 is 1.20 bits per heavy atom. The van der Waals surface area contributed by atoms with Gasteiger partial charge in [0.15, 0.2) is 0 Å². The fourth-order valence-corrected chi connectivity index (χ4v) is 2.97. The van der Waals surface area contributed by atoms with Crippen molar-refractivity contribution in [3.8, 4) is 11.6 Å². The molecule has 1 aromatic heterocycles. The van der Waals surface area contributed by atoms with Crippen LogP contribution in [0.2, 0.25) is 0 Å². The minimum atomic E-state index is -0.423. The van der Waals surface area contributed by atoms with Crippen molar-refractivity contribution in [2.45, 2.75) is 26.8 Å². The third kappa shape index (κ3) is 3.65. The second-order valence-electron chi connectivity index (χ2n) is 6.25. The Bertz CT molecular complexity index is 772. The standard InChI is InChI=1S/C18H22N4O3/c1-13-11-17(22(19-13)16-7-5-4-6-8-16)25-18(24)21-10-9-20(15(3)23)12-14(21)2/h4-8,11,14H,9-10,12H2,1-3H3/t14-/m0/s1. The van der Waals surface area contributed by atoms with E-state index in [1.165, 1.54) is 0 Å². The molecule has 1 fully saturated rings. The fraction of sp³-hybridized carbons (Fsp3) is 0.389. The first-order valence-corrected chi connectivity index (χ1v) is 8.32. The van der Waals surface area contributed by atoms with E-state index in [0.717, 1.165) is 11.4 Å². The van der Waals surface area contributed by atoms with Gasteiger partial charge in [-0.3, -0.25) is 4.79 Å². The summed E-state index contributed by atoms with van der Waals surface area (Å²) in [5, 5.41) is 4.40. The van der Waals surface area contributed by atoms with Crippen molar-refractivity contribution in [2.75, 3.05) is 19.6 Å². The van der Waals surface area contributed by atoms with Gasteiger partial charge in [-0.1, -0.05) is 18.2 Å². The second kappa shape index (κ2) is 6.96. The summed E-state index contributed by atoms with van der Waals surface area (Å²) in [6, 6.07) is 11.2. The van der Waals surface area contributed by atoms with Crippen molar-refractivity contribution < 1.29 is 14.3 Å². The summed E-state index contributed by atoms with van der Waals surface area (Å²) in [7, 11) is 0. The summed E-state index contributed by atoms with van der Waals surface area (Å²) in [5.41, 5.74) is 1.59. The molecule has 3 rings (SSSR count). The van der Waals surface area contributed by atoms with Crippen LogP contribution in [0.15, 0.2) is 36.4 Å². The van der Waals surface area contributed by atoms with Crippen molar-refractivity contribution in [1.29, 1.82) is 0 Å². The molecule has 132 valence electrons. The zero-order valence-electron chi connectivity index (χ0n) is 14.7. The van der Waals surface area contributed by atoms with Gasteiger partial charge in [-0.2, -0.15) is 5.10 Å².